The molecule has 6 heteroatoms. The lowest BCUT2D eigenvalue weighted by molar-refractivity contribution is 0.393. The summed E-state index contributed by atoms with van der Waals surface area (Å²) in [6.45, 7) is 2.60. The monoisotopic (exact) mass is 279 g/mol. The number of aryl methyl sites for hydroxylation is 1. The highest BCUT2D eigenvalue weighted by atomic mass is 32.2. The highest BCUT2D eigenvalue weighted by Gasteiger charge is 2.34. The van der Waals surface area contributed by atoms with E-state index in [0.717, 1.165) is 12.8 Å². The quantitative estimate of drug-likeness (QED) is 0.893. The summed E-state index contributed by atoms with van der Waals surface area (Å²) in [7, 11) is -3.50. The lowest BCUT2D eigenvalue weighted by Gasteiger charge is -2.23. The van der Waals surface area contributed by atoms with E-state index in [1.165, 1.54) is 10.4 Å². The molecule has 102 valence electrons. The van der Waals surface area contributed by atoms with Gasteiger partial charge in [-0.25, -0.2) is 8.42 Å². The molecule has 0 aromatic heterocycles. The zero-order valence-corrected chi connectivity index (χ0v) is 11.7. The number of rotatable bonds is 3. The van der Waals surface area contributed by atoms with Crippen LogP contribution in [0.3, 0.4) is 0 Å². The minimum absolute atomic E-state index is 0.110. The molecule has 1 heterocycles. The van der Waals surface area contributed by atoms with Crippen molar-refractivity contribution in [3.05, 3.63) is 29.3 Å². The molecular weight excluding hydrogens is 262 g/mol. The Morgan fingerprint density at radius 3 is 2.84 bits per heavy atom. The fraction of sp³-hybridized carbons (Fsp3) is 0.462. The second-order valence-corrected chi connectivity index (χ2v) is 6.63. The highest BCUT2D eigenvalue weighted by molar-refractivity contribution is 7.89. The molecule has 0 aliphatic carbocycles. The van der Waals surface area contributed by atoms with Crippen molar-refractivity contribution in [2.24, 2.45) is 5.73 Å². The Bertz CT molecular complexity index is 619. The number of benzene rings is 1. The molecule has 1 atom stereocenters. The first-order valence-electron chi connectivity index (χ1n) is 6.23. The lowest BCUT2D eigenvalue weighted by atomic mass is 10.1. The maximum absolute atomic E-state index is 12.5. The van der Waals surface area contributed by atoms with Crippen molar-refractivity contribution in [1.82, 2.24) is 4.31 Å². The molecule has 1 aliphatic heterocycles. The molecule has 5 nitrogen and oxygen atoms in total. The molecular formula is C13H17N3O2S. The Hall–Kier alpha value is -1.42. The van der Waals surface area contributed by atoms with Crippen LogP contribution in [0.2, 0.25) is 0 Å². The van der Waals surface area contributed by atoms with Gasteiger partial charge in [0.15, 0.2) is 0 Å². The van der Waals surface area contributed by atoms with Gasteiger partial charge in [-0.05, 0) is 43.5 Å². The summed E-state index contributed by atoms with van der Waals surface area (Å²) < 4.78 is 26.6. The van der Waals surface area contributed by atoms with Gasteiger partial charge in [-0.1, -0.05) is 0 Å². The van der Waals surface area contributed by atoms with E-state index < -0.39 is 10.0 Å². The maximum Gasteiger partial charge on any atom is 0.243 e. The number of nitrogens with two attached hydrogens (primary N) is 1. The third kappa shape index (κ3) is 2.50. The van der Waals surface area contributed by atoms with E-state index in [1.807, 2.05) is 6.07 Å². The van der Waals surface area contributed by atoms with Gasteiger partial charge in [0.05, 0.1) is 16.5 Å². The van der Waals surface area contributed by atoms with E-state index in [4.69, 9.17) is 11.0 Å². The summed E-state index contributed by atoms with van der Waals surface area (Å²) in [6.07, 6.45) is 1.65. The molecule has 0 amide bonds. The first kappa shape index (κ1) is 14.0. The summed E-state index contributed by atoms with van der Waals surface area (Å²) in [5.41, 5.74) is 6.79. The molecule has 2 rings (SSSR count). The smallest absolute Gasteiger partial charge is 0.243 e. The number of hydrogen-bond donors (Lipinski definition) is 1. The predicted molar refractivity (Wildman–Crippen MR) is 71.9 cm³/mol. The van der Waals surface area contributed by atoms with Crippen LogP contribution in [0.4, 0.5) is 0 Å². The minimum Gasteiger partial charge on any atom is -0.329 e. The molecule has 0 saturated carbocycles. The number of hydrogen-bond acceptors (Lipinski definition) is 4. The predicted octanol–water partition coefficient (Wildman–Crippen LogP) is 0.978. The summed E-state index contributed by atoms with van der Waals surface area (Å²) in [6, 6.07) is 6.52. The van der Waals surface area contributed by atoms with E-state index >= 15 is 0 Å². The summed E-state index contributed by atoms with van der Waals surface area (Å²) >= 11 is 0. The Morgan fingerprint density at radius 2 is 2.26 bits per heavy atom. The van der Waals surface area contributed by atoms with Crippen molar-refractivity contribution in [3.63, 3.8) is 0 Å². The van der Waals surface area contributed by atoms with Gasteiger partial charge in [-0.2, -0.15) is 9.57 Å². The van der Waals surface area contributed by atoms with Crippen molar-refractivity contribution in [2.75, 3.05) is 13.1 Å². The Kier molecular flexibility index (Phi) is 3.90. The molecule has 19 heavy (non-hydrogen) atoms. The van der Waals surface area contributed by atoms with Crippen molar-refractivity contribution >= 4 is 10.0 Å². The fourth-order valence-corrected chi connectivity index (χ4v) is 4.21. The average molecular weight is 279 g/mol. The van der Waals surface area contributed by atoms with Crippen LogP contribution >= 0.6 is 0 Å². The molecule has 2 N–H and O–H groups in total. The standard InChI is InChI=1S/C13H17N3O2S/c1-10-7-13(5-4-11(10)8-14)19(17,18)16-6-2-3-12(16)9-15/h4-5,7,12H,2-3,6,9,15H2,1H3. The highest BCUT2D eigenvalue weighted by Crippen LogP contribution is 2.26. The first-order valence-corrected chi connectivity index (χ1v) is 7.67. The van der Waals surface area contributed by atoms with Gasteiger partial charge in [0, 0.05) is 19.1 Å². The van der Waals surface area contributed by atoms with Crippen LogP contribution in [-0.2, 0) is 10.0 Å². The Balaban J connectivity index is 2.40. The lowest BCUT2D eigenvalue weighted by Crippen LogP contribution is -2.39. The zero-order chi connectivity index (χ0) is 14.0. The second kappa shape index (κ2) is 5.29. The SMILES string of the molecule is Cc1cc(S(=O)(=O)N2CCCC2CN)ccc1C#N. The van der Waals surface area contributed by atoms with Gasteiger partial charge < -0.3 is 5.73 Å². The van der Waals surface area contributed by atoms with Gasteiger partial charge in [0.1, 0.15) is 0 Å². The van der Waals surface area contributed by atoms with Crippen molar-refractivity contribution < 1.29 is 8.42 Å². The van der Waals surface area contributed by atoms with Crippen LogP contribution in [0, 0.1) is 18.3 Å². The van der Waals surface area contributed by atoms with E-state index in [-0.39, 0.29) is 10.9 Å². The molecule has 1 fully saturated rings. The maximum atomic E-state index is 12.5. The number of sulfonamides is 1. The van der Waals surface area contributed by atoms with Gasteiger partial charge in [0.25, 0.3) is 0 Å². The third-order valence-corrected chi connectivity index (χ3v) is 5.47. The van der Waals surface area contributed by atoms with Crippen molar-refractivity contribution in [2.45, 2.75) is 30.7 Å². The van der Waals surface area contributed by atoms with Crippen LogP contribution in [0.5, 0.6) is 0 Å². The van der Waals surface area contributed by atoms with E-state index in [2.05, 4.69) is 0 Å². The molecule has 1 aromatic rings. The second-order valence-electron chi connectivity index (χ2n) is 4.74. The Morgan fingerprint density at radius 1 is 1.53 bits per heavy atom. The van der Waals surface area contributed by atoms with Crippen molar-refractivity contribution in [1.29, 1.82) is 5.26 Å². The van der Waals surface area contributed by atoms with Crippen molar-refractivity contribution in [3.8, 4) is 6.07 Å². The van der Waals surface area contributed by atoms with Gasteiger partial charge in [-0.15, -0.1) is 0 Å². The average Bonchev–Trinajstić information content (AvgIpc) is 2.87. The summed E-state index contributed by atoms with van der Waals surface area (Å²) in [5.74, 6) is 0. The van der Waals surface area contributed by atoms with Gasteiger partial charge in [0.2, 0.25) is 10.0 Å². The van der Waals surface area contributed by atoms with Crippen LogP contribution in [0.25, 0.3) is 0 Å². The normalized spacial score (nSPS) is 20.4. The Labute approximate surface area is 113 Å². The topological polar surface area (TPSA) is 87.2 Å². The molecule has 1 saturated heterocycles. The van der Waals surface area contributed by atoms with Crippen LogP contribution in [0.1, 0.15) is 24.0 Å². The first-order chi connectivity index (χ1) is 9.00. The van der Waals surface area contributed by atoms with E-state index in [9.17, 15) is 8.42 Å². The summed E-state index contributed by atoms with van der Waals surface area (Å²) in [5, 5.41) is 8.88. The molecule has 1 unspecified atom stereocenters. The molecule has 1 aromatic carbocycles. The van der Waals surface area contributed by atoms with E-state index in [1.54, 1.807) is 19.1 Å². The number of nitrogens with zero attached hydrogens (tertiary/aromatic N) is 2. The van der Waals surface area contributed by atoms with Crippen LogP contribution in [-0.4, -0.2) is 31.9 Å². The van der Waals surface area contributed by atoms with Gasteiger partial charge >= 0.3 is 0 Å². The van der Waals surface area contributed by atoms with Gasteiger partial charge in [-0.3, -0.25) is 0 Å². The van der Waals surface area contributed by atoms with Crippen LogP contribution in [0.15, 0.2) is 23.1 Å². The van der Waals surface area contributed by atoms with Crippen LogP contribution < -0.4 is 5.73 Å². The number of nitriles is 1. The fourth-order valence-electron chi connectivity index (χ4n) is 2.42. The van der Waals surface area contributed by atoms with E-state index in [0.29, 0.717) is 24.2 Å². The minimum atomic E-state index is -3.50. The molecule has 0 radical (unpaired) electrons. The molecule has 0 bridgehead atoms. The largest absolute Gasteiger partial charge is 0.329 e. The third-order valence-electron chi connectivity index (χ3n) is 3.52. The molecule has 1 aliphatic rings. The summed E-state index contributed by atoms with van der Waals surface area (Å²) in [4.78, 5) is 0.240. The molecule has 0 spiro atoms. The zero-order valence-electron chi connectivity index (χ0n) is 10.8.